The maximum Gasteiger partial charge on any atom is 0.0884 e. The topological polar surface area (TPSA) is 20.2 Å². The minimum Gasteiger partial charge on any atom is -0.388 e. The summed E-state index contributed by atoms with van der Waals surface area (Å²) < 4.78 is 0. The van der Waals surface area contributed by atoms with Crippen molar-refractivity contribution in [2.45, 2.75) is 38.2 Å². The van der Waals surface area contributed by atoms with Crippen molar-refractivity contribution in [1.29, 1.82) is 0 Å². The molecule has 1 nitrogen and oxygen atoms in total. The molecular weight excluding hydrogens is 276 g/mol. The second-order valence-electron chi connectivity index (χ2n) is 5.99. The van der Waals surface area contributed by atoms with Crippen LogP contribution in [0.15, 0.2) is 53.4 Å². The van der Waals surface area contributed by atoms with Crippen molar-refractivity contribution in [3.8, 4) is 0 Å². The second-order valence-corrected chi connectivity index (χ2v) is 7.08. The van der Waals surface area contributed by atoms with Gasteiger partial charge in [0, 0.05) is 10.6 Å². The predicted molar refractivity (Wildman–Crippen MR) is 91.8 cm³/mol. The first-order valence-corrected chi connectivity index (χ1v) is 8.49. The van der Waals surface area contributed by atoms with Crippen LogP contribution in [0, 0.1) is 12.8 Å². The lowest BCUT2D eigenvalue weighted by molar-refractivity contribution is 0.204. The van der Waals surface area contributed by atoms with Gasteiger partial charge in [0.25, 0.3) is 0 Å². The third-order valence-corrected chi connectivity index (χ3v) is 4.45. The number of thioether (sulfide) groups is 1. The van der Waals surface area contributed by atoms with E-state index in [0.717, 1.165) is 12.0 Å². The first-order chi connectivity index (χ1) is 10.0. The van der Waals surface area contributed by atoms with E-state index >= 15 is 0 Å². The summed E-state index contributed by atoms with van der Waals surface area (Å²) in [6, 6.07) is 16.8. The average molecular weight is 300 g/mol. The molecule has 0 aliphatic heterocycles. The Morgan fingerprint density at radius 2 is 1.81 bits per heavy atom. The average Bonchev–Trinajstić information content (AvgIpc) is 2.44. The third kappa shape index (κ3) is 5.22. The Balaban J connectivity index is 1.98. The van der Waals surface area contributed by atoms with Crippen molar-refractivity contribution in [2.24, 2.45) is 5.92 Å². The Bertz CT molecular complexity index is 577. The Labute approximate surface area is 132 Å². The molecule has 1 N–H and O–H groups in total. The Morgan fingerprint density at radius 3 is 2.52 bits per heavy atom. The molecule has 0 spiro atoms. The molecule has 0 saturated heterocycles. The lowest BCUT2D eigenvalue weighted by Gasteiger charge is -2.13. The molecule has 0 fully saturated rings. The molecule has 0 aliphatic rings. The van der Waals surface area contributed by atoms with Gasteiger partial charge < -0.3 is 5.11 Å². The predicted octanol–water partition coefficient (Wildman–Crippen LogP) is 5.02. The van der Waals surface area contributed by atoms with E-state index in [1.807, 2.05) is 12.1 Å². The Morgan fingerprint density at radius 1 is 1.05 bits per heavy atom. The molecule has 0 amide bonds. The Hall–Kier alpha value is -1.25. The summed E-state index contributed by atoms with van der Waals surface area (Å²) in [4.78, 5) is 1.22. The van der Waals surface area contributed by atoms with Crippen LogP contribution in [0.4, 0.5) is 0 Å². The molecule has 0 bridgehead atoms. The monoisotopic (exact) mass is 300 g/mol. The molecule has 2 aromatic rings. The van der Waals surface area contributed by atoms with Crippen LogP contribution in [0.5, 0.6) is 0 Å². The molecule has 0 aliphatic carbocycles. The quantitative estimate of drug-likeness (QED) is 0.756. The van der Waals surface area contributed by atoms with E-state index in [1.165, 1.54) is 16.0 Å². The van der Waals surface area contributed by atoms with E-state index in [1.54, 1.807) is 11.8 Å². The normalized spacial score (nSPS) is 12.6. The highest BCUT2D eigenvalue weighted by Gasteiger charge is 2.09. The van der Waals surface area contributed by atoms with E-state index in [0.29, 0.717) is 11.7 Å². The smallest absolute Gasteiger partial charge is 0.0884 e. The number of rotatable bonds is 6. The van der Waals surface area contributed by atoms with Crippen LogP contribution in [0.3, 0.4) is 0 Å². The molecule has 2 aromatic carbocycles. The molecule has 0 heterocycles. The van der Waals surface area contributed by atoms with Crippen molar-refractivity contribution in [2.75, 3.05) is 5.75 Å². The van der Waals surface area contributed by atoms with Crippen molar-refractivity contribution in [1.82, 2.24) is 0 Å². The molecule has 0 radical (unpaired) electrons. The summed E-state index contributed by atoms with van der Waals surface area (Å²) in [7, 11) is 0. The van der Waals surface area contributed by atoms with Gasteiger partial charge in [-0.15, -0.1) is 11.8 Å². The van der Waals surface area contributed by atoms with Crippen LogP contribution in [-0.4, -0.2) is 10.9 Å². The van der Waals surface area contributed by atoms with Crippen molar-refractivity contribution < 1.29 is 5.11 Å². The number of aliphatic hydroxyl groups excluding tert-OH is 1. The number of hydrogen-bond acceptors (Lipinski definition) is 2. The summed E-state index contributed by atoms with van der Waals surface area (Å²) in [6.07, 6.45) is 0.647. The van der Waals surface area contributed by atoms with Gasteiger partial charge in [0.05, 0.1) is 6.10 Å². The molecule has 2 heteroatoms. The largest absolute Gasteiger partial charge is 0.388 e. The van der Waals surface area contributed by atoms with Crippen LogP contribution < -0.4 is 0 Å². The molecule has 1 atom stereocenters. The zero-order chi connectivity index (χ0) is 15.2. The van der Waals surface area contributed by atoms with Gasteiger partial charge >= 0.3 is 0 Å². The van der Waals surface area contributed by atoms with Gasteiger partial charge in [-0.3, -0.25) is 0 Å². The van der Waals surface area contributed by atoms with E-state index in [2.05, 4.69) is 57.2 Å². The van der Waals surface area contributed by atoms with Crippen molar-refractivity contribution >= 4 is 11.8 Å². The van der Waals surface area contributed by atoms with Crippen LogP contribution in [0.1, 0.15) is 36.6 Å². The van der Waals surface area contributed by atoms with Gasteiger partial charge in [-0.05, 0) is 42.5 Å². The minimum atomic E-state index is -0.414. The van der Waals surface area contributed by atoms with Crippen LogP contribution in [-0.2, 0) is 6.42 Å². The van der Waals surface area contributed by atoms with Gasteiger partial charge in [-0.25, -0.2) is 0 Å². The zero-order valence-electron chi connectivity index (χ0n) is 13.0. The highest BCUT2D eigenvalue weighted by molar-refractivity contribution is 7.99. The highest BCUT2D eigenvalue weighted by Crippen LogP contribution is 2.26. The number of aliphatic hydroxyl groups is 1. The van der Waals surface area contributed by atoms with Crippen molar-refractivity contribution in [3.63, 3.8) is 0 Å². The fraction of sp³-hybridized carbons (Fsp3) is 0.368. The molecule has 0 saturated carbocycles. The number of benzene rings is 2. The van der Waals surface area contributed by atoms with Gasteiger partial charge in [0.1, 0.15) is 0 Å². The van der Waals surface area contributed by atoms with Crippen LogP contribution in [0.2, 0.25) is 0 Å². The standard InChI is InChI=1S/C19H24OS/c1-14(2)10-16-7-5-8-17(12-16)19(20)13-21-18-9-4-6-15(3)11-18/h4-9,11-12,14,19-20H,10,13H2,1-3H3. The lowest BCUT2D eigenvalue weighted by Crippen LogP contribution is -2.02. The summed E-state index contributed by atoms with van der Waals surface area (Å²) in [5.74, 6) is 1.33. The highest BCUT2D eigenvalue weighted by atomic mass is 32.2. The molecule has 1 unspecified atom stereocenters. The lowest BCUT2D eigenvalue weighted by atomic mass is 9.99. The second kappa shape index (κ2) is 7.67. The first-order valence-electron chi connectivity index (χ1n) is 7.51. The van der Waals surface area contributed by atoms with Gasteiger partial charge in [-0.1, -0.05) is 55.8 Å². The molecular formula is C19H24OS. The van der Waals surface area contributed by atoms with Crippen LogP contribution >= 0.6 is 11.8 Å². The SMILES string of the molecule is Cc1cccc(SCC(O)c2cccc(CC(C)C)c2)c1. The van der Waals surface area contributed by atoms with E-state index < -0.39 is 6.10 Å². The number of aryl methyl sites for hydroxylation is 1. The van der Waals surface area contributed by atoms with Crippen molar-refractivity contribution in [3.05, 3.63) is 65.2 Å². The summed E-state index contributed by atoms with van der Waals surface area (Å²) >= 11 is 1.71. The Kier molecular flexibility index (Phi) is 5.89. The molecule has 0 aromatic heterocycles. The minimum absolute atomic E-state index is 0.414. The first kappa shape index (κ1) is 16.1. The van der Waals surface area contributed by atoms with E-state index in [9.17, 15) is 5.11 Å². The fourth-order valence-corrected chi connectivity index (χ4v) is 3.36. The van der Waals surface area contributed by atoms with Crippen LogP contribution in [0.25, 0.3) is 0 Å². The summed E-state index contributed by atoms with van der Waals surface area (Å²) in [5.41, 5.74) is 3.59. The molecule has 2 rings (SSSR count). The van der Waals surface area contributed by atoms with E-state index in [4.69, 9.17) is 0 Å². The summed E-state index contributed by atoms with van der Waals surface area (Å²) in [5, 5.41) is 10.4. The maximum atomic E-state index is 10.4. The fourth-order valence-electron chi connectivity index (χ4n) is 2.38. The zero-order valence-corrected chi connectivity index (χ0v) is 13.9. The molecule has 21 heavy (non-hydrogen) atoms. The maximum absolute atomic E-state index is 10.4. The summed E-state index contributed by atoms with van der Waals surface area (Å²) in [6.45, 7) is 6.53. The third-order valence-electron chi connectivity index (χ3n) is 3.38. The van der Waals surface area contributed by atoms with Gasteiger partial charge in [0.2, 0.25) is 0 Å². The van der Waals surface area contributed by atoms with Gasteiger partial charge in [-0.2, -0.15) is 0 Å². The molecule has 112 valence electrons. The number of hydrogen-bond donors (Lipinski definition) is 1. The van der Waals surface area contributed by atoms with E-state index in [-0.39, 0.29) is 0 Å². The van der Waals surface area contributed by atoms with Gasteiger partial charge in [0.15, 0.2) is 0 Å².